The molecule has 0 aliphatic carbocycles. The van der Waals surface area contributed by atoms with E-state index in [0.717, 1.165) is 12.5 Å². The fraction of sp³-hybridized carbons (Fsp3) is 0.727. The molecule has 0 bridgehead atoms. The molecular weight excluding hydrogens is 174 g/mol. The van der Waals surface area contributed by atoms with Gasteiger partial charge in [-0.1, -0.05) is 13.8 Å². The van der Waals surface area contributed by atoms with Crippen LogP contribution in [0.4, 0.5) is 0 Å². The average molecular weight is 195 g/mol. The first-order valence-electron chi connectivity index (χ1n) is 5.30. The van der Waals surface area contributed by atoms with Crippen LogP contribution in [-0.4, -0.2) is 16.6 Å². The topological polar surface area (TPSA) is 29.9 Å². The van der Waals surface area contributed by atoms with Crippen LogP contribution in [-0.2, 0) is 6.54 Å². The van der Waals surface area contributed by atoms with Gasteiger partial charge in [-0.15, -0.1) is 0 Å². The minimum Gasteiger partial charge on any atom is -0.331 e. The van der Waals surface area contributed by atoms with Gasteiger partial charge in [0, 0.05) is 18.8 Å². The lowest BCUT2D eigenvalue weighted by atomic mass is 10.1. The van der Waals surface area contributed by atoms with E-state index in [-0.39, 0.29) is 0 Å². The molecule has 1 aromatic rings. The smallest absolute Gasteiger partial charge is 0.0951 e. The Labute approximate surface area is 86.5 Å². The van der Waals surface area contributed by atoms with Crippen LogP contribution in [0.15, 0.2) is 12.5 Å². The number of hydrogen-bond donors (Lipinski definition) is 1. The second-order valence-corrected chi connectivity index (χ2v) is 4.30. The van der Waals surface area contributed by atoms with Crippen LogP contribution in [0.1, 0.15) is 38.9 Å². The Morgan fingerprint density at radius 3 is 2.71 bits per heavy atom. The summed E-state index contributed by atoms with van der Waals surface area (Å²) in [5.41, 5.74) is 1.26. The van der Waals surface area contributed by atoms with Gasteiger partial charge in [0.1, 0.15) is 0 Å². The van der Waals surface area contributed by atoms with Gasteiger partial charge in [-0.2, -0.15) is 0 Å². The lowest BCUT2D eigenvalue weighted by Gasteiger charge is -2.18. The van der Waals surface area contributed by atoms with Crippen molar-refractivity contribution < 1.29 is 0 Å². The molecule has 0 aliphatic rings. The maximum absolute atomic E-state index is 4.19. The summed E-state index contributed by atoms with van der Waals surface area (Å²) >= 11 is 0. The monoisotopic (exact) mass is 195 g/mol. The van der Waals surface area contributed by atoms with E-state index in [1.54, 1.807) is 0 Å². The summed E-state index contributed by atoms with van der Waals surface area (Å²) in [6.45, 7) is 7.65. The normalized spacial score (nSPS) is 13.5. The van der Waals surface area contributed by atoms with Crippen molar-refractivity contribution in [2.75, 3.05) is 7.05 Å². The fourth-order valence-corrected chi connectivity index (χ4v) is 1.84. The highest BCUT2D eigenvalue weighted by molar-refractivity contribution is 4.99. The molecule has 0 aromatic carbocycles. The van der Waals surface area contributed by atoms with Crippen LogP contribution in [0.25, 0.3) is 0 Å². The van der Waals surface area contributed by atoms with Crippen LogP contribution in [0.5, 0.6) is 0 Å². The molecule has 0 aliphatic heterocycles. The maximum Gasteiger partial charge on any atom is 0.0951 e. The highest BCUT2D eigenvalue weighted by Crippen LogP contribution is 2.18. The SMILES string of the molecule is CNCc1cncn1C(C)CC(C)C. The van der Waals surface area contributed by atoms with Gasteiger partial charge in [0.15, 0.2) is 0 Å². The molecule has 0 saturated carbocycles. The van der Waals surface area contributed by atoms with Crippen LogP contribution < -0.4 is 5.32 Å². The number of hydrogen-bond acceptors (Lipinski definition) is 2. The van der Waals surface area contributed by atoms with Crippen molar-refractivity contribution in [2.24, 2.45) is 5.92 Å². The summed E-state index contributed by atoms with van der Waals surface area (Å²) in [4.78, 5) is 4.19. The second-order valence-electron chi connectivity index (χ2n) is 4.30. The first kappa shape index (κ1) is 11.2. The molecule has 0 amide bonds. The summed E-state index contributed by atoms with van der Waals surface area (Å²) in [6.07, 6.45) is 5.07. The molecule has 0 spiro atoms. The van der Waals surface area contributed by atoms with Crippen molar-refractivity contribution in [1.82, 2.24) is 14.9 Å². The van der Waals surface area contributed by atoms with Crippen LogP contribution in [0, 0.1) is 5.92 Å². The first-order chi connectivity index (χ1) is 6.65. The van der Waals surface area contributed by atoms with E-state index in [2.05, 4.69) is 35.6 Å². The molecule has 1 unspecified atom stereocenters. The van der Waals surface area contributed by atoms with Gasteiger partial charge in [-0.3, -0.25) is 0 Å². The number of nitrogens with zero attached hydrogens (tertiary/aromatic N) is 2. The van der Waals surface area contributed by atoms with Gasteiger partial charge in [0.2, 0.25) is 0 Å². The van der Waals surface area contributed by atoms with Crippen molar-refractivity contribution >= 4 is 0 Å². The molecule has 14 heavy (non-hydrogen) atoms. The summed E-state index contributed by atoms with van der Waals surface area (Å²) in [7, 11) is 1.96. The predicted molar refractivity (Wildman–Crippen MR) is 59.2 cm³/mol. The van der Waals surface area contributed by atoms with Crippen molar-refractivity contribution in [3.63, 3.8) is 0 Å². The zero-order chi connectivity index (χ0) is 10.6. The van der Waals surface area contributed by atoms with E-state index in [0.29, 0.717) is 6.04 Å². The quantitative estimate of drug-likeness (QED) is 0.780. The number of aromatic nitrogens is 2. The Balaban J connectivity index is 2.68. The molecule has 3 nitrogen and oxygen atoms in total. The largest absolute Gasteiger partial charge is 0.331 e. The predicted octanol–water partition coefficient (Wildman–Crippen LogP) is 2.21. The number of imidazole rings is 1. The summed E-state index contributed by atoms with van der Waals surface area (Å²) < 4.78 is 2.26. The third kappa shape index (κ3) is 2.84. The second kappa shape index (κ2) is 5.15. The zero-order valence-corrected chi connectivity index (χ0v) is 9.62. The van der Waals surface area contributed by atoms with Crippen molar-refractivity contribution in [3.05, 3.63) is 18.2 Å². The molecular formula is C11H21N3. The molecule has 1 N–H and O–H groups in total. The Kier molecular flexibility index (Phi) is 4.14. The van der Waals surface area contributed by atoms with Gasteiger partial charge in [0.05, 0.1) is 12.0 Å². The van der Waals surface area contributed by atoms with E-state index in [1.165, 1.54) is 12.1 Å². The third-order valence-electron chi connectivity index (χ3n) is 2.39. The molecule has 0 radical (unpaired) electrons. The molecule has 0 fully saturated rings. The van der Waals surface area contributed by atoms with E-state index in [9.17, 15) is 0 Å². The van der Waals surface area contributed by atoms with E-state index >= 15 is 0 Å². The average Bonchev–Trinajstić information content (AvgIpc) is 2.51. The Bertz CT molecular complexity index is 265. The molecule has 1 aromatic heterocycles. The van der Waals surface area contributed by atoms with E-state index in [4.69, 9.17) is 0 Å². The van der Waals surface area contributed by atoms with Gasteiger partial charge < -0.3 is 9.88 Å². The van der Waals surface area contributed by atoms with Crippen LogP contribution in [0.3, 0.4) is 0 Å². The standard InChI is InChI=1S/C11H21N3/c1-9(2)5-10(3)14-8-13-7-11(14)6-12-4/h7-10,12H,5-6H2,1-4H3. The third-order valence-corrected chi connectivity index (χ3v) is 2.39. The lowest BCUT2D eigenvalue weighted by molar-refractivity contribution is 0.417. The van der Waals surface area contributed by atoms with Crippen molar-refractivity contribution in [1.29, 1.82) is 0 Å². The Morgan fingerprint density at radius 1 is 1.43 bits per heavy atom. The van der Waals surface area contributed by atoms with Gasteiger partial charge in [-0.25, -0.2) is 4.98 Å². The molecule has 0 saturated heterocycles. The van der Waals surface area contributed by atoms with Gasteiger partial charge >= 0.3 is 0 Å². The lowest BCUT2D eigenvalue weighted by Crippen LogP contribution is -2.14. The van der Waals surface area contributed by atoms with Crippen molar-refractivity contribution in [2.45, 2.75) is 39.8 Å². The molecule has 1 rings (SSSR count). The van der Waals surface area contributed by atoms with Gasteiger partial charge in [0.25, 0.3) is 0 Å². The summed E-state index contributed by atoms with van der Waals surface area (Å²) in [5.74, 6) is 0.731. The highest BCUT2D eigenvalue weighted by Gasteiger charge is 2.10. The highest BCUT2D eigenvalue weighted by atomic mass is 15.1. The molecule has 3 heteroatoms. The number of nitrogens with one attached hydrogen (secondary N) is 1. The molecule has 1 atom stereocenters. The van der Waals surface area contributed by atoms with Crippen LogP contribution in [0.2, 0.25) is 0 Å². The molecule has 80 valence electrons. The minimum absolute atomic E-state index is 0.542. The maximum atomic E-state index is 4.19. The first-order valence-corrected chi connectivity index (χ1v) is 5.30. The fourth-order valence-electron chi connectivity index (χ4n) is 1.84. The Morgan fingerprint density at radius 2 is 2.14 bits per heavy atom. The van der Waals surface area contributed by atoms with Crippen molar-refractivity contribution in [3.8, 4) is 0 Å². The zero-order valence-electron chi connectivity index (χ0n) is 9.62. The summed E-state index contributed by atoms with van der Waals surface area (Å²) in [6, 6.07) is 0.542. The minimum atomic E-state index is 0.542. The number of rotatable bonds is 5. The molecule has 1 heterocycles. The Hall–Kier alpha value is -0.830. The van der Waals surface area contributed by atoms with Gasteiger partial charge in [-0.05, 0) is 26.3 Å². The summed E-state index contributed by atoms with van der Waals surface area (Å²) in [5, 5.41) is 3.16. The van der Waals surface area contributed by atoms with Crippen LogP contribution >= 0.6 is 0 Å². The van der Waals surface area contributed by atoms with E-state index in [1.807, 2.05) is 19.6 Å². The van der Waals surface area contributed by atoms with E-state index < -0.39 is 0 Å².